The lowest BCUT2D eigenvalue weighted by Gasteiger charge is -2.26. The first kappa shape index (κ1) is 13.0. The van der Waals surface area contributed by atoms with Gasteiger partial charge in [0.25, 0.3) is 0 Å². The van der Waals surface area contributed by atoms with Gasteiger partial charge in [-0.2, -0.15) is 0 Å². The predicted molar refractivity (Wildman–Crippen MR) is 70.2 cm³/mol. The van der Waals surface area contributed by atoms with Crippen LogP contribution in [0.15, 0.2) is 18.2 Å². The summed E-state index contributed by atoms with van der Waals surface area (Å²) in [6, 6.07) is 6.47. The van der Waals surface area contributed by atoms with Crippen molar-refractivity contribution >= 4 is 5.69 Å². The molecule has 1 aromatic carbocycles. The molecule has 0 aromatic heterocycles. The zero-order chi connectivity index (χ0) is 12.1. The summed E-state index contributed by atoms with van der Waals surface area (Å²) >= 11 is 0. The maximum atomic E-state index is 8.88. The van der Waals surface area contributed by atoms with Crippen molar-refractivity contribution in [3.05, 3.63) is 29.3 Å². The largest absolute Gasteiger partial charge is 0.396 e. The molecule has 0 radical (unpaired) electrons. The molecular weight excluding hydrogens is 198 g/mol. The zero-order valence-electron chi connectivity index (χ0n) is 10.8. The fourth-order valence-corrected chi connectivity index (χ4v) is 2.09. The summed E-state index contributed by atoms with van der Waals surface area (Å²) in [4.78, 5) is 2.25. The van der Waals surface area contributed by atoms with Gasteiger partial charge in [0.15, 0.2) is 0 Å². The molecule has 0 fully saturated rings. The van der Waals surface area contributed by atoms with E-state index in [2.05, 4.69) is 50.9 Å². The molecule has 2 heteroatoms. The van der Waals surface area contributed by atoms with Gasteiger partial charge in [-0.15, -0.1) is 0 Å². The molecule has 1 rings (SSSR count). The van der Waals surface area contributed by atoms with Crippen LogP contribution in [-0.2, 0) is 0 Å². The Morgan fingerprint density at radius 2 is 2.00 bits per heavy atom. The Bertz CT molecular complexity index is 334. The van der Waals surface area contributed by atoms with Crippen LogP contribution in [0, 0.1) is 6.92 Å². The van der Waals surface area contributed by atoms with Gasteiger partial charge < -0.3 is 10.0 Å². The van der Waals surface area contributed by atoms with Crippen LogP contribution >= 0.6 is 0 Å². The highest BCUT2D eigenvalue weighted by atomic mass is 16.3. The summed E-state index contributed by atoms with van der Waals surface area (Å²) in [6.45, 7) is 7.75. The first-order valence-corrected chi connectivity index (χ1v) is 5.99. The third-order valence-corrected chi connectivity index (χ3v) is 2.92. The number of hydrogen-bond acceptors (Lipinski definition) is 2. The number of anilines is 1. The normalized spacial score (nSPS) is 10.9. The molecule has 0 spiro atoms. The lowest BCUT2D eigenvalue weighted by Crippen LogP contribution is -2.22. The van der Waals surface area contributed by atoms with E-state index in [0.29, 0.717) is 5.92 Å². The second-order valence-electron chi connectivity index (χ2n) is 4.67. The number of hydrogen-bond donors (Lipinski definition) is 1. The highest BCUT2D eigenvalue weighted by molar-refractivity contribution is 5.59. The van der Waals surface area contributed by atoms with Crippen LogP contribution in [-0.4, -0.2) is 25.3 Å². The molecule has 0 unspecified atom stereocenters. The van der Waals surface area contributed by atoms with E-state index in [1.54, 1.807) is 0 Å². The minimum absolute atomic E-state index is 0.257. The van der Waals surface area contributed by atoms with Crippen LogP contribution in [0.1, 0.15) is 37.3 Å². The molecule has 90 valence electrons. The molecule has 1 aromatic rings. The Morgan fingerprint density at radius 3 is 2.56 bits per heavy atom. The van der Waals surface area contributed by atoms with E-state index in [1.165, 1.54) is 16.8 Å². The summed E-state index contributed by atoms with van der Waals surface area (Å²) in [7, 11) is 2.10. The van der Waals surface area contributed by atoms with Gasteiger partial charge in [-0.25, -0.2) is 0 Å². The molecular formula is C14H23NO. The van der Waals surface area contributed by atoms with Gasteiger partial charge in [0.1, 0.15) is 0 Å². The van der Waals surface area contributed by atoms with Crippen LogP contribution in [0.3, 0.4) is 0 Å². The average molecular weight is 221 g/mol. The highest BCUT2D eigenvalue weighted by Crippen LogP contribution is 2.30. The Morgan fingerprint density at radius 1 is 1.31 bits per heavy atom. The molecule has 2 nitrogen and oxygen atoms in total. The first-order chi connectivity index (χ1) is 7.57. The second-order valence-corrected chi connectivity index (χ2v) is 4.67. The molecule has 0 aliphatic heterocycles. The number of para-hydroxylation sites is 1. The predicted octanol–water partition coefficient (Wildman–Crippen LogP) is 2.94. The highest BCUT2D eigenvalue weighted by Gasteiger charge is 2.12. The summed E-state index contributed by atoms with van der Waals surface area (Å²) in [5, 5.41) is 8.88. The Balaban J connectivity index is 3.00. The molecule has 1 N–H and O–H groups in total. The summed E-state index contributed by atoms with van der Waals surface area (Å²) < 4.78 is 0. The van der Waals surface area contributed by atoms with E-state index in [4.69, 9.17) is 5.11 Å². The van der Waals surface area contributed by atoms with Crippen LogP contribution in [0.5, 0.6) is 0 Å². The van der Waals surface area contributed by atoms with E-state index in [1.807, 2.05) is 0 Å². The van der Waals surface area contributed by atoms with Crippen molar-refractivity contribution in [2.24, 2.45) is 0 Å². The second kappa shape index (κ2) is 5.90. The van der Waals surface area contributed by atoms with E-state index < -0.39 is 0 Å². The van der Waals surface area contributed by atoms with Gasteiger partial charge in [0, 0.05) is 25.9 Å². The van der Waals surface area contributed by atoms with E-state index in [0.717, 1.165) is 13.0 Å². The quantitative estimate of drug-likeness (QED) is 0.826. The maximum absolute atomic E-state index is 8.88. The Labute approximate surface area is 98.9 Å². The fourth-order valence-electron chi connectivity index (χ4n) is 2.09. The molecule has 16 heavy (non-hydrogen) atoms. The summed E-state index contributed by atoms with van der Waals surface area (Å²) in [6.07, 6.45) is 0.822. The van der Waals surface area contributed by atoms with Gasteiger partial charge in [-0.1, -0.05) is 32.0 Å². The molecule has 0 heterocycles. The summed E-state index contributed by atoms with van der Waals surface area (Å²) in [5.41, 5.74) is 4.03. The van der Waals surface area contributed by atoms with Crippen molar-refractivity contribution in [3.8, 4) is 0 Å². The van der Waals surface area contributed by atoms with Crippen LogP contribution < -0.4 is 4.90 Å². The maximum Gasteiger partial charge on any atom is 0.0447 e. The lowest BCUT2D eigenvalue weighted by atomic mass is 9.97. The van der Waals surface area contributed by atoms with Crippen LogP contribution in [0.2, 0.25) is 0 Å². The molecule has 0 atom stereocenters. The monoisotopic (exact) mass is 221 g/mol. The molecule has 0 aliphatic carbocycles. The number of aliphatic hydroxyl groups excluding tert-OH is 1. The van der Waals surface area contributed by atoms with Crippen molar-refractivity contribution in [3.63, 3.8) is 0 Å². The molecule has 0 amide bonds. The molecule has 0 bridgehead atoms. The Kier molecular flexibility index (Phi) is 4.81. The zero-order valence-corrected chi connectivity index (χ0v) is 10.8. The third kappa shape index (κ3) is 2.99. The van der Waals surface area contributed by atoms with E-state index in [9.17, 15) is 0 Å². The van der Waals surface area contributed by atoms with Crippen molar-refractivity contribution in [2.75, 3.05) is 25.1 Å². The number of rotatable bonds is 5. The van der Waals surface area contributed by atoms with Crippen LogP contribution in [0.25, 0.3) is 0 Å². The van der Waals surface area contributed by atoms with Crippen molar-refractivity contribution in [1.82, 2.24) is 0 Å². The number of aliphatic hydroxyl groups is 1. The topological polar surface area (TPSA) is 23.5 Å². The average Bonchev–Trinajstić information content (AvgIpc) is 2.25. The number of nitrogens with zero attached hydrogens (tertiary/aromatic N) is 1. The minimum atomic E-state index is 0.257. The molecule has 0 saturated carbocycles. The van der Waals surface area contributed by atoms with Crippen molar-refractivity contribution in [2.45, 2.75) is 33.1 Å². The smallest absolute Gasteiger partial charge is 0.0447 e. The van der Waals surface area contributed by atoms with Gasteiger partial charge in [0.05, 0.1) is 0 Å². The first-order valence-electron chi connectivity index (χ1n) is 5.99. The van der Waals surface area contributed by atoms with Crippen molar-refractivity contribution < 1.29 is 5.11 Å². The third-order valence-electron chi connectivity index (χ3n) is 2.92. The SMILES string of the molecule is Cc1cccc(C(C)C)c1N(C)CCCO. The van der Waals surface area contributed by atoms with Gasteiger partial charge in [0.2, 0.25) is 0 Å². The minimum Gasteiger partial charge on any atom is -0.396 e. The van der Waals surface area contributed by atoms with Crippen LogP contribution in [0.4, 0.5) is 5.69 Å². The van der Waals surface area contributed by atoms with Gasteiger partial charge >= 0.3 is 0 Å². The van der Waals surface area contributed by atoms with Gasteiger partial charge in [-0.05, 0) is 30.4 Å². The van der Waals surface area contributed by atoms with Crippen molar-refractivity contribution in [1.29, 1.82) is 0 Å². The van der Waals surface area contributed by atoms with E-state index in [-0.39, 0.29) is 6.61 Å². The number of aryl methyl sites for hydroxylation is 1. The number of benzene rings is 1. The standard InChI is InChI=1S/C14H23NO/c1-11(2)13-8-5-7-12(3)14(13)15(4)9-6-10-16/h5,7-8,11,16H,6,9-10H2,1-4H3. The Hall–Kier alpha value is -1.02. The van der Waals surface area contributed by atoms with E-state index >= 15 is 0 Å². The molecule has 0 saturated heterocycles. The summed E-state index contributed by atoms with van der Waals surface area (Å²) in [5.74, 6) is 0.534. The van der Waals surface area contributed by atoms with Gasteiger partial charge in [-0.3, -0.25) is 0 Å². The lowest BCUT2D eigenvalue weighted by molar-refractivity contribution is 0.290. The molecule has 0 aliphatic rings. The fraction of sp³-hybridized carbons (Fsp3) is 0.571.